The molecule has 9 nitrogen and oxygen atoms in total. The van der Waals surface area contributed by atoms with Gasteiger partial charge in [-0.25, -0.2) is 14.6 Å². The van der Waals surface area contributed by atoms with Crippen LogP contribution in [-0.2, 0) is 4.74 Å². The van der Waals surface area contributed by atoms with E-state index in [1.807, 2.05) is 13.8 Å². The number of carbonyl (C=O) groups is 2. The van der Waals surface area contributed by atoms with Crippen LogP contribution in [-0.4, -0.2) is 64.1 Å². The molecule has 1 aromatic carbocycles. The molecular weight excluding hydrogens is 439 g/mol. The molecule has 0 bridgehead atoms. The highest BCUT2D eigenvalue weighted by atomic mass is 35.5. The number of rotatable bonds is 5. The molecule has 0 saturated carbocycles. The number of carbonyl (C=O) groups excluding carboxylic acids is 2. The number of piperidine rings is 1. The van der Waals surface area contributed by atoms with Gasteiger partial charge in [-0.05, 0) is 38.1 Å². The number of likely N-dealkylation sites (tertiary alicyclic amines) is 1. The molecule has 11 heteroatoms. The summed E-state index contributed by atoms with van der Waals surface area (Å²) < 4.78 is 19.2. The number of hydrogen-bond acceptors (Lipinski definition) is 6. The van der Waals surface area contributed by atoms with Gasteiger partial charge in [0.05, 0.1) is 5.02 Å². The van der Waals surface area contributed by atoms with Crippen LogP contribution >= 0.6 is 11.6 Å². The van der Waals surface area contributed by atoms with Crippen molar-refractivity contribution >= 4 is 29.3 Å². The van der Waals surface area contributed by atoms with Gasteiger partial charge in [0.2, 0.25) is 0 Å². The number of hydrogen-bond donors (Lipinski definition) is 3. The maximum absolute atomic E-state index is 13.5. The third-order valence-corrected chi connectivity index (χ3v) is 5.99. The van der Waals surface area contributed by atoms with Gasteiger partial charge in [0.1, 0.15) is 17.2 Å². The smallest absolute Gasteiger partial charge is 0.428 e. The van der Waals surface area contributed by atoms with E-state index >= 15 is 0 Å². The fraction of sp³-hybridized carbons (Fsp3) is 0.429. The molecule has 0 radical (unpaired) electrons. The van der Waals surface area contributed by atoms with E-state index in [1.54, 1.807) is 12.1 Å². The Morgan fingerprint density at radius 2 is 2.12 bits per heavy atom. The highest BCUT2D eigenvalue weighted by Gasteiger charge is 2.46. The Bertz CT molecular complexity index is 1060. The minimum atomic E-state index is -0.945. The maximum Gasteiger partial charge on any atom is 0.428 e. The van der Waals surface area contributed by atoms with Gasteiger partial charge in [0, 0.05) is 49.8 Å². The number of benzene rings is 1. The Balaban J connectivity index is 1.41. The Kier molecular flexibility index (Phi) is 6.16. The largest absolute Gasteiger partial charge is 0.435 e. The fourth-order valence-electron chi connectivity index (χ4n) is 4.14. The number of ether oxygens (including phenoxy) is 1. The summed E-state index contributed by atoms with van der Waals surface area (Å²) in [4.78, 5) is 26.5. The number of aryl methyl sites for hydroxylation is 1. The molecule has 1 fully saturated rings. The first-order chi connectivity index (χ1) is 15.3. The monoisotopic (exact) mass is 462 g/mol. The molecule has 0 aliphatic carbocycles. The van der Waals surface area contributed by atoms with Gasteiger partial charge in [0.25, 0.3) is 5.91 Å². The van der Waals surface area contributed by atoms with Crippen molar-refractivity contribution in [2.24, 2.45) is 5.10 Å². The first-order valence-electron chi connectivity index (χ1n) is 10.3. The first-order valence-corrected chi connectivity index (χ1v) is 10.7. The molecule has 2 aliphatic rings. The first kappa shape index (κ1) is 22.2. The highest BCUT2D eigenvalue weighted by molar-refractivity contribution is 6.35. The second-order valence-corrected chi connectivity index (χ2v) is 8.60. The van der Waals surface area contributed by atoms with Gasteiger partial charge in [-0.3, -0.25) is 9.89 Å². The summed E-state index contributed by atoms with van der Waals surface area (Å²) in [5.41, 5.74) is 3.57. The molecule has 1 spiro atoms. The van der Waals surface area contributed by atoms with Crippen LogP contribution in [0.15, 0.2) is 29.4 Å². The van der Waals surface area contributed by atoms with Gasteiger partial charge < -0.3 is 15.0 Å². The zero-order valence-electron chi connectivity index (χ0n) is 17.7. The van der Waals surface area contributed by atoms with Crippen LogP contribution in [0.2, 0.25) is 5.02 Å². The molecule has 2 aromatic rings. The van der Waals surface area contributed by atoms with E-state index in [2.05, 4.69) is 30.9 Å². The molecule has 32 heavy (non-hydrogen) atoms. The van der Waals surface area contributed by atoms with Crippen molar-refractivity contribution in [3.63, 3.8) is 0 Å². The molecule has 1 aromatic heterocycles. The SMILES string of the molecule is Cc1cc(C(=O)N[C@@H](C)CN2CCC3(CC2)OC(=O)NN=C3c2ccc(F)cc2Cl)n[nH]1. The number of nitrogens with one attached hydrogen (secondary N) is 3. The Labute approximate surface area is 189 Å². The minimum Gasteiger partial charge on any atom is -0.435 e. The van der Waals surface area contributed by atoms with Crippen LogP contribution in [0.25, 0.3) is 0 Å². The number of H-pyrrole nitrogens is 1. The molecule has 3 heterocycles. The standard InChI is InChI=1S/C21H24ClFN6O3/c1-12-9-17(26-25-12)19(30)24-13(2)11-29-7-5-21(6-8-29)18(27-28-20(31)32-21)15-4-3-14(23)10-16(15)22/h3-4,9-10,13H,5-8,11H2,1-2H3,(H,24,30)(H,25,26)(H,28,31)/t13-/m0/s1. The topological polar surface area (TPSA) is 112 Å². The Hall–Kier alpha value is -2.98. The second kappa shape index (κ2) is 8.87. The molecular formula is C21H24ClFN6O3. The number of halogens is 2. The van der Waals surface area contributed by atoms with Gasteiger partial charge in [-0.1, -0.05) is 11.6 Å². The van der Waals surface area contributed by atoms with Crippen LogP contribution in [0, 0.1) is 12.7 Å². The molecule has 1 saturated heterocycles. The van der Waals surface area contributed by atoms with Crippen molar-refractivity contribution < 1.29 is 18.7 Å². The van der Waals surface area contributed by atoms with Crippen LogP contribution in [0.5, 0.6) is 0 Å². The van der Waals surface area contributed by atoms with E-state index in [-0.39, 0.29) is 17.0 Å². The lowest BCUT2D eigenvalue weighted by Gasteiger charge is -2.43. The highest BCUT2D eigenvalue weighted by Crippen LogP contribution is 2.35. The zero-order chi connectivity index (χ0) is 22.9. The van der Waals surface area contributed by atoms with E-state index in [9.17, 15) is 14.0 Å². The summed E-state index contributed by atoms with van der Waals surface area (Å²) in [5, 5.41) is 14.1. The maximum atomic E-state index is 13.5. The second-order valence-electron chi connectivity index (χ2n) is 8.19. The lowest BCUT2D eigenvalue weighted by molar-refractivity contribution is 0.00488. The fourth-order valence-corrected chi connectivity index (χ4v) is 4.40. The summed E-state index contributed by atoms with van der Waals surface area (Å²) in [6.45, 7) is 5.62. The summed E-state index contributed by atoms with van der Waals surface area (Å²) >= 11 is 6.25. The molecule has 2 amide bonds. The van der Waals surface area contributed by atoms with Gasteiger partial charge >= 0.3 is 6.09 Å². The Morgan fingerprint density at radius 1 is 1.38 bits per heavy atom. The molecule has 0 unspecified atom stereocenters. The molecule has 170 valence electrons. The van der Waals surface area contributed by atoms with E-state index in [1.165, 1.54) is 12.1 Å². The average Bonchev–Trinajstić information content (AvgIpc) is 3.17. The van der Waals surface area contributed by atoms with Gasteiger partial charge in [-0.2, -0.15) is 10.2 Å². The third kappa shape index (κ3) is 4.61. The predicted molar refractivity (Wildman–Crippen MR) is 116 cm³/mol. The molecule has 4 rings (SSSR count). The summed E-state index contributed by atoms with van der Waals surface area (Å²) in [6.07, 6.45) is 0.355. The summed E-state index contributed by atoms with van der Waals surface area (Å²) in [5.74, 6) is -0.687. The molecule has 3 N–H and O–H groups in total. The lowest BCUT2D eigenvalue weighted by Crippen LogP contribution is -2.57. The molecule has 2 aliphatic heterocycles. The van der Waals surface area contributed by atoms with Crippen molar-refractivity contribution in [1.29, 1.82) is 0 Å². The predicted octanol–water partition coefficient (Wildman–Crippen LogP) is 2.61. The van der Waals surface area contributed by atoms with Crippen molar-refractivity contribution in [1.82, 2.24) is 25.8 Å². The van der Waals surface area contributed by atoms with Crippen molar-refractivity contribution in [2.75, 3.05) is 19.6 Å². The molecule has 1 atom stereocenters. The van der Waals surface area contributed by atoms with Gasteiger partial charge in [0.15, 0.2) is 5.60 Å². The third-order valence-electron chi connectivity index (χ3n) is 5.68. The Morgan fingerprint density at radius 3 is 2.78 bits per heavy atom. The summed E-state index contributed by atoms with van der Waals surface area (Å²) in [7, 11) is 0. The van der Waals surface area contributed by atoms with E-state index < -0.39 is 17.5 Å². The van der Waals surface area contributed by atoms with Crippen molar-refractivity contribution in [2.45, 2.75) is 38.3 Å². The lowest BCUT2D eigenvalue weighted by atomic mass is 9.82. The van der Waals surface area contributed by atoms with E-state index in [0.717, 1.165) is 5.69 Å². The minimum absolute atomic E-state index is 0.108. The number of aromatic nitrogens is 2. The summed E-state index contributed by atoms with van der Waals surface area (Å²) in [6, 6.07) is 5.64. The number of hydrazone groups is 1. The van der Waals surface area contributed by atoms with Crippen LogP contribution in [0.3, 0.4) is 0 Å². The number of amides is 2. The quantitative estimate of drug-likeness (QED) is 0.632. The van der Waals surface area contributed by atoms with Crippen LogP contribution in [0.4, 0.5) is 9.18 Å². The number of aromatic amines is 1. The van der Waals surface area contributed by atoms with Crippen molar-refractivity contribution in [3.8, 4) is 0 Å². The number of nitrogens with zero attached hydrogens (tertiary/aromatic N) is 3. The van der Waals surface area contributed by atoms with Gasteiger partial charge in [-0.15, -0.1) is 0 Å². The van der Waals surface area contributed by atoms with E-state index in [4.69, 9.17) is 16.3 Å². The van der Waals surface area contributed by atoms with E-state index in [0.29, 0.717) is 49.4 Å². The average molecular weight is 463 g/mol. The zero-order valence-corrected chi connectivity index (χ0v) is 18.5. The van der Waals surface area contributed by atoms with Crippen molar-refractivity contribution in [3.05, 3.63) is 52.1 Å². The van der Waals surface area contributed by atoms with Crippen LogP contribution < -0.4 is 10.7 Å². The van der Waals surface area contributed by atoms with Crippen LogP contribution in [0.1, 0.15) is 41.5 Å². The normalized spacial score (nSPS) is 19.1.